The number of nitrogens with zero attached hydrogens (tertiary/aromatic N) is 4. The highest BCUT2D eigenvalue weighted by atomic mass is 16.5. The maximum absolute atomic E-state index is 13.7. The summed E-state index contributed by atoms with van der Waals surface area (Å²) in [6, 6.07) is 6.68. The van der Waals surface area contributed by atoms with E-state index in [0.717, 1.165) is 51.3 Å². The van der Waals surface area contributed by atoms with Crippen LogP contribution in [0.4, 0.5) is 0 Å². The van der Waals surface area contributed by atoms with Gasteiger partial charge in [0.25, 0.3) is 5.91 Å². The Morgan fingerprint density at radius 1 is 1.11 bits per heavy atom. The van der Waals surface area contributed by atoms with E-state index < -0.39 is 12.0 Å². The quantitative estimate of drug-likeness (QED) is 0.534. The molecular weight excluding hydrogens is 458 g/mol. The van der Waals surface area contributed by atoms with Crippen LogP contribution in [0.2, 0.25) is 0 Å². The average molecular weight is 496 g/mol. The summed E-state index contributed by atoms with van der Waals surface area (Å²) < 4.78 is 10.9. The van der Waals surface area contributed by atoms with Gasteiger partial charge in [-0.05, 0) is 48.8 Å². The molecule has 0 radical (unpaired) electrons. The van der Waals surface area contributed by atoms with Gasteiger partial charge >= 0.3 is 0 Å². The van der Waals surface area contributed by atoms with Crippen LogP contribution in [0, 0.1) is 0 Å². The lowest BCUT2D eigenvalue weighted by atomic mass is 9.79. The van der Waals surface area contributed by atoms with E-state index in [4.69, 9.17) is 9.47 Å². The minimum absolute atomic E-state index is 0.118. The molecule has 0 bridgehead atoms. The molecule has 1 N–H and O–H groups in total. The standard InChI is InChI=1S/C27H37N5O4/c1-5-31-12-14-32(15-13-31)11-7-10-29-26(33)24-20-16-22(35-3)23(36-4)17-21(20)27(34)30(2)25(24)19-8-6-9-28-18-19/h6,8-9,16-18,24-25H,5,7,10-15H2,1-4H3,(H,29,33). The summed E-state index contributed by atoms with van der Waals surface area (Å²) in [5, 5.41) is 3.15. The van der Waals surface area contributed by atoms with Crippen molar-refractivity contribution in [2.45, 2.75) is 25.3 Å². The van der Waals surface area contributed by atoms with E-state index in [1.54, 1.807) is 43.6 Å². The van der Waals surface area contributed by atoms with E-state index in [9.17, 15) is 9.59 Å². The Hall–Kier alpha value is -3.17. The number of aromatic nitrogens is 1. The van der Waals surface area contributed by atoms with Crippen molar-refractivity contribution in [3.8, 4) is 11.5 Å². The molecule has 2 unspecified atom stereocenters. The van der Waals surface area contributed by atoms with Gasteiger partial charge in [-0.3, -0.25) is 14.6 Å². The molecule has 9 nitrogen and oxygen atoms in total. The van der Waals surface area contributed by atoms with Gasteiger partial charge in [-0.2, -0.15) is 0 Å². The number of methoxy groups -OCH3 is 2. The van der Waals surface area contributed by atoms with Gasteiger partial charge in [0, 0.05) is 57.7 Å². The van der Waals surface area contributed by atoms with E-state index in [1.807, 2.05) is 12.1 Å². The first kappa shape index (κ1) is 25.9. The molecule has 1 saturated heterocycles. The van der Waals surface area contributed by atoms with Crippen molar-refractivity contribution in [3.05, 3.63) is 53.3 Å². The van der Waals surface area contributed by atoms with Crippen molar-refractivity contribution in [2.24, 2.45) is 0 Å². The monoisotopic (exact) mass is 495 g/mol. The molecule has 4 rings (SSSR count). The van der Waals surface area contributed by atoms with Crippen LogP contribution in [-0.4, -0.2) is 98.6 Å². The Balaban J connectivity index is 1.55. The Bertz CT molecular complexity index is 1060. The summed E-state index contributed by atoms with van der Waals surface area (Å²) in [7, 11) is 4.82. The summed E-state index contributed by atoms with van der Waals surface area (Å²) in [5.74, 6) is 0.0464. The van der Waals surface area contributed by atoms with Crippen LogP contribution >= 0.6 is 0 Å². The number of hydrogen-bond donors (Lipinski definition) is 1. The summed E-state index contributed by atoms with van der Waals surface area (Å²) in [4.78, 5) is 37.9. The number of hydrogen-bond acceptors (Lipinski definition) is 7. The van der Waals surface area contributed by atoms with Crippen molar-refractivity contribution in [1.29, 1.82) is 0 Å². The summed E-state index contributed by atoms with van der Waals surface area (Å²) in [6.07, 6.45) is 4.28. The number of fused-ring (bicyclic) bond motifs is 1. The maximum Gasteiger partial charge on any atom is 0.254 e. The predicted octanol–water partition coefficient (Wildman–Crippen LogP) is 2.15. The van der Waals surface area contributed by atoms with Crippen LogP contribution < -0.4 is 14.8 Å². The highest BCUT2D eigenvalue weighted by Crippen LogP contribution is 2.45. The average Bonchev–Trinajstić information content (AvgIpc) is 2.92. The second-order valence-electron chi connectivity index (χ2n) is 9.34. The number of rotatable bonds is 9. The smallest absolute Gasteiger partial charge is 0.254 e. The molecule has 2 aliphatic heterocycles. The Morgan fingerprint density at radius 3 is 2.44 bits per heavy atom. The molecule has 2 atom stereocenters. The lowest BCUT2D eigenvalue weighted by Crippen LogP contribution is -2.47. The van der Waals surface area contributed by atoms with Crippen molar-refractivity contribution >= 4 is 11.8 Å². The number of carbonyl (C=O) groups is 2. The van der Waals surface area contributed by atoms with E-state index in [-0.39, 0.29) is 11.8 Å². The van der Waals surface area contributed by atoms with Crippen molar-refractivity contribution < 1.29 is 19.1 Å². The van der Waals surface area contributed by atoms with Crippen LogP contribution in [0.15, 0.2) is 36.7 Å². The van der Waals surface area contributed by atoms with Crippen molar-refractivity contribution in [1.82, 2.24) is 25.0 Å². The third kappa shape index (κ3) is 5.32. The molecule has 36 heavy (non-hydrogen) atoms. The molecule has 9 heteroatoms. The Morgan fingerprint density at radius 2 is 1.81 bits per heavy atom. The SMILES string of the molecule is CCN1CCN(CCCNC(=O)C2c3cc(OC)c(OC)cc3C(=O)N(C)C2c2cccnc2)CC1. The van der Waals surface area contributed by atoms with Crippen molar-refractivity contribution in [3.63, 3.8) is 0 Å². The molecule has 0 spiro atoms. The normalized spacial score (nSPS) is 20.7. The predicted molar refractivity (Wildman–Crippen MR) is 138 cm³/mol. The number of carbonyl (C=O) groups excluding carboxylic acids is 2. The number of benzene rings is 1. The van der Waals surface area contributed by atoms with E-state index in [1.165, 1.54) is 7.11 Å². The topological polar surface area (TPSA) is 87.2 Å². The highest BCUT2D eigenvalue weighted by Gasteiger charge is 2.43. The first-order valence-corrected chi connectivity index (χ1v) is 12.6. The highest BCUT2D eigenvalue weighted by molar-refractivity contribution is 6.02. The largest absolute Gasteiger partial charge is 0.493 e. The molecule has 1 aromatic carbocycles. The molecule has 1 fully saturated rings. The zero-order chi connectivity index (χ0) is 25.7. The summed E-state index contributed by atoms with van der Waals surface area (Å²) in [5.41, 5.74) is 1.89. The van der Waals surface area contributed by atoms with Gasteiger partial charge in [0.1, 0.15) is 0 Å². The molecule has 0 saturated carbocycles. The Kier molecular flexibility index (Phi) is 8.43. The lowest BCUT2D eigenvalue weighted by Gasteiger charge is -2.40. The zero-order valence-corrected chi connectivity index (χ0v) is 21.7. The summed E-state index contributed by atoms with van der Waals surface area (Å²) >= 11 is 0. The molecule has 1 aromatic heterocycles. The minimum atomic E-state index is -0.611. The third-order valence-corrected chi connectivity index (χ3v) is 7.35. The Labute approximate surface area is 213 Å². The van der Waals surface area contributed by atoms with Crippen LogP contribution in [0.1, 0.15) is 46.8 Å². The molecular formula is C27H37N5O4. The molecule has 0 aliphatic carbocycles. The number of piperazine rings is 1. The fraction of sp³-hybridized carbons (Fsp3) is 0.519. The number of pyridine rings is 1. The van der Waals surface area contributed by atoms with Gasteiger partial charge in [0.05, 0.1) is 26.2 Å². The van der Waals surface area contributed by atoms with E-state index in [0.29, 0.717) is 29.2 Å². The third-order valence-electron chi connectivity index (χ3n) is 7.35. The number of likely N-dealkylation sites (N-methyl/N-ethyl adjacent to an activating group) is 2. The molecule has 194 valence electrons. The first-order valence-electron chi connectivity index (χ1n) is 12.6. The number of ether oxygens (including phenoxy) is 2. The number of amides is 2. The lowest BCUT2D eigenvalue weighted by molar-refractivity contribution is -0.124. The molecule has 2 aliphatic rings. The van der Waals surface area contributed by atoms with Gasteiger partial charge in [-0.25, -0.2) is 0 Å². The molecule has 2 amide bonds. The fourth-order valence-electron chi connectivity index (χ4n) is 5.25. The molecule has 2 aromatic rings. The van der Waals surface area contributed by atoms with Gasteiger partial charge in [-0.15, -0.1) is 0 Å². The van der Waals surface area contributed by atoms with Gasteiger partial charge in [0.2, 0.25) is 5.91 Å². The second-order valence-corrected chi connectivity index (χ2v) is 9.34. The second kappa shape index (κ2) is 11.7. The van der Waals surface area contributed by atoms with Gasteiger partial charge in [-0.1, -0.05) is 13.0 Å². The zero-order valence-electron chi connectivity index (χ0n) is 21.7. The van der Waals surface area contributed by atoms with Crippen LogP contribution in [0.25, 0.3) is 0 Å². The minimum Gasteiger partial charge on any atom is -0.493 e. The summed E-state index contributed by atoms with van der Waals surface area (Å²) in [6.45, 7) is 9.14. The van der Waals surface area contributed by atoms with E-state index >= 15 is 0 Å². The van der Waals surface area contributed by atoms with Gasteiger partial charge in [0.15, 0.2) is 11.5 Å². The first-order chi connectivity index (χ1) is 17.5. The van der Waals surface area contributed by atoms with E-state index in [2.05, 4.69) is 27.0 Å². The number of nitrogens with one attached hydrogen (secondary N) is 1. The fourth-order valence-corrected chi connectivity index (χ4v) is 5.25. The van der Waals surface area contributed by atoms with Crippen molar-refractivity contribution in [2.75, 3.05) is 67.1 Å². The van der Waals surface area contributed by atoms with Crippen LogP contribution in [-0.2, 0) is 4.79 Å². The maximum atomic E-state index is 13.7. The van der Waals surface area contributed by atoms with Crippen LogP contribution in [0.5, 0.6) is 11.5 Å². The molecule has 3 heterocycles. The van der Waals surface area contributed by atoms with Gasteiger partial charge < -0.3 is 29.5 Å². The van der Waals surface area contributed by atoms with Crippen LogP contribution in [0.3, 0.4) is 0 Å².